The Kier molecular flexibility index (Phi) is 7.62. The second-order valence-corrected chi connectivity index (χ2v) is 14.0. The van der Waals surface area contributed by atoms with E-state index in [0.29, 0.717) is 6.61 Å². The van der Waals surface area contributed by atoms with Crippen LogP contribution in [0, 0.1) is 0 Å². The second kappa shape index (κ2) is 10.8. The number of benzene rings is 4. The van der Waals surface area contributed by atoms with Crippen molar-refractivity contribution in [3.8, 4) is 0 Å². The highest BCUT2D eigenvalue weighted by Gasteiger charge is 2.49. The van der Waals surface area contributed by atoms with Gasteiger partial charge in [0.25, 0.3) is 8.32 Å². The standard InChI is InChI=1S/C32H34OSi/c1-32(2,3)34(29-21-12-6-13-22-29,30-23-14-7-15-24-30)33-26-16-25-31(27-17-8-4-9-18-27)28-19-10-5-11-20-28/h4-15,17-25H,16,26H2,1-3H3. The van der Waals surface area contributed by atoms with Crippen LogP contribution in [0.5, 0.6) is 0 Å². The Hall–Kier alpha value is -3.20. The third-order valence-electron chi connectivity index (χ3n) is 6.37. The molecule has 0 unspecified atom stereocenters. The van der Waals surface area contributed by atoms with Crippen LogP contribution in [0.4, 0.5) is 0 Å². The molecule has 4 aromatic rings. The summed E-state index contributed by atoms with van der Waals surface area (Å²) < 4.78 is 7.08. The molecule has 34 heavy (non-hydrogen) atoms. The Morgan fingerprint density at radius 2 is 1.00 bits per heavy atom. The highest BCUT2D eigenvalue weighted by atomic mass is 28.4. The van der Waals surface area contributed by atoms with E-state index in [4.69, 9.17) is 4.43 Å². The van der Waals surface area contributed by atoms with Crippen molar-refractivity contribution >= 4 is 24.3 Å². The third-order valence-corrected chi connectivity index (χ3v) is 11.4. The maximum absolute atomic E-state index is 7.08. The molecule has 4 aromatic carbocycles. The summed E-state index contributed by atoms with van der Waals surface area (Å²) in [5.41, 5.74) is 3.73. The van der Waals surface area contributed by atoms with Crippen molar-refractivity contribution in [2.24, 2.45) is 0 Å². The minimum absolute atomic E-state index is 0.0128. The summed E-state index contributed by atoms with van der Waals surface area (Å²) >= 11 is 0. The van der Waals surface area contributed by atoms with Crippen molar-refractivity contribution in [1.29, 1.82) is 0 Å². The fraction of sp³-hybridized carbons (Fsp3) is 0.188. The van der Waals surface area contributed by atoms with Crippen molar-refractivity contribution in [3.05, 3.63) is 139 Å². The molecule has 0 aliphatic rings. The molecular formula is C32H34OSi. The molecule has 0 aliphatic heterocycles. The summed E-state index contributed by atoms with van der Waals surface area (Å²) in [7, 11) is -2.51. The van der Waals surface area contributed by atoms with Gasteiger partial charge in [0.05, 0.1) is 0 Å². The zero-order valence-corrected chi connectivity index (χ0v) is 21.4. The number of hydrogen-bond donors (Lipinski definition) is 0. The first-order chi connectivity index (χ1) is 16.5. The van der Waals surface area contributed by atoms with Crippen molar-refractivity contribution in [2.75, 3.05) is 6.61 Å². The molecule has 172 valence electrons. The summed E-state index contributed by atoms with van der Waals surface area (Å²) in [6, 6.07) is 43.0. The van der Waals surface area contributed by atoms with Crippen LogP contribution in [0.2, 0.25) is 5.04 Å². The van der Waals surface area contributed by atoms with Gasteiger partial charge in [-0.05, 0) is 38.5 Å². The molecule has 0 atom stereocenters. The SMILES string of the molecule is CC(C)(C)[Si](OCCC=C(c1ccccc1)c1ccccc1)(c1ccccc1)c1ccccc1. The summed E-state index contributed by atoms with van der Waals surface area (Å²) in [5.74, 6) is 0. The lowest BCUT2D eigenvalue weighted by molar-refractivity contribution is 0.304. The molecule has 0 fully saturated rings. The molecule has 0 spiro atoms. The van der Waals surface area contributed by atoms with E-state index in [9.17, 15) is 0 Å². The van der Waals surface area contributed by atoms with Crippen molar-refractivity contribution < 1.29 is 4.43 Å². The largest absolute Gasteiger partial charge is 0.407 e. The van der Waals surface area contributed by atoms with Crippen LogP contribution in [0.1, 0.15) is 38.3 Å². The van der Waals surface area contributed by atoms with Gasteiger partial charge >= 0.3 is 0 Å². The van der Waals surface area contributed by atoms with Crippen LogP contribution in [0.25, 0.3) is 5.57 Å². The Bertz CT molecular complexity index is 1100. The normalized spacial score (nSPS) is 11.7. The predicted molar refractivity (Wildman–Crippen MR) is 148 cm³/mol. The van der Waals surface area contributed by atoms with Gasteiger partial charge in [-0.2, -0.15) is 0 Å². The van der Waals surface area contributed by atoms with Gasteiger partial charge in [0.1, 0.15) is 0 Å². The average molecular weight is 463 g/mol. The van der Waals surface area contributed by atoms with E-state index in [-0.39, 0.29) is 5.04 Å². The van der Waals surface area contributed by atoms with E-state index < -0.39 is 8.32 Å². The smallest absolute Gasteiger partial charge is 0.261 e. The van der Waals surface area contributed by atoms with Gasteiger partial charge in [-0.1, -0.05) is 148 Å². The molecule has 0 N–H and O–H groups in total. The molecule has 1 nitrogen and oxygen atoms in total. The molecule has 2 heteroatoms. The van der Waals surface area contributed by atoms with Gasteiger partial charge < -0.3 is 4.43 Å². The van der Waals surface area contributed by atoms with Gasteiger partial charge in [0.2, 0.25) is 0 Å². The molecule has 0 bridgehead atoms. The van der Waals surface area contributed by atoms with E-state index >= 15 is 0 Å². The molecule has 0 saturated carbocycles. The van der Waals surface area contributed by atoms with Crippen LogP contribution in [-0.4, -0.2) is 14.9 Å². The molecular weight excluding hydrogens is 428 g/mol. The summed E-state index contributed by atoms with van der Waals surface area (Å²) in [4.78, 5) is 0. The lowest BCUT2D eigenvalue weighted by Crippen LogP contribution is -2.66. The van der Waals surface area contributed by atoms with Gasteiger partial charge in [0, 0.05) is 6.61 Å². The molecule has 4 rings (SSSR count). The highest BCUT2D eigenvalue weighted by Crippen LogP contribution is 2.37. The Morgan fingerprint density at radius 3 is 1.38 bits per heavy atom. The second-order valence-electron chi connectivity index (χ2n) is 9.65. The van der Waals surface area contributed by atoms with Crippen molar-refractivity contribution in [1.82, 2.24) is 0 Å². The molecule has 0 aliphatic carbocycles. The van der Waals surface area contributed by atoms with E-state index in [1.54, 1.807) is 0 Å². The zero-order chi connectivity index (χ0) is 23.9. The molecule has 0 radical (unpaired) electrons. The third kappa shape index (κ3) is 5.14. The first kappa shape index (κ1) is 23.9. The van der Waals surface area contributed by atoms with Gasteiger partial charge in [-0.3, -0.25) is 0 Å². The van der Waals surface area contributed by atoms with Gasteiger partial charge in [-0.15, -0.1) is 0 Å². The Balaban J connectivity index is 1.67. The van der Waals surface area contributed by atoms with Crippen LogP contribution < -0.4 is 10.4 Å². The molecule has 0 saturated heterocycles. The Labute approximate surface area is 205 Å². The van der Waals surface area contributed by atoms with Crippen LogP contribution >= 0.6 is 0 Å². The monoisotopic (exact) mass is 462 g/mol. The highest BCUT2D eigenvalue weighted by molar-refractivity contribution is 6.99. The van der Waals surface area contributed by atoms with E-state index in [0.717, 1.165) is 6.42 Å². The van der Waals surface area contributed by atoms with Crippen molar-refractivity contribution in [3.63, 3.8) is 0 Å². The average Bonchev–Trinajstić information content (AvgIpc) is 2.88. The van der Waals surface area contributed by atoms with Crippen molar-refractivity contribution in [2.45, 2.75) is 32.2 Å². The molecule has 0 amide bonds. The first-order valence-electron chi connectivity index (χ1n) is 12.1. The fourth-order valence-corrected chi connectivity index (χ4v) is 9.39. The Morgan fingerprint density at radius 1 is 0.618 bits per heavy atom. The zero-order valence-electron chi connectivity index (χ0n) is 20.4. The number of hydrogen-bond acceptors (Lipinski definition) is 1. The maximum Gasteiger partial charge on any atom is 0.261 e. The summed E-state index contributed by atoms with van der Waals surface area (Å²) in [5, 5.41) is 2.63. The fourth-order valence-electron chi connectivity index (χ4n) is 4.81. The van der Waals surface area contributed by atoms with E-state index in [1.165, 1.54) is 27.1 Å². The van der Waals surface area contributed by atoms with E-state index in [1.807, 2.05) is 0 Å². The molecule has 0 aromatic heterocycles. The lowest BCUT2D eigenvalue weighted by Gasteiger charge is -2.43. The molecule has 0 heterocycles. The van der Waals surface area contributed by atoms with Crippen LogP contribution in [-0.2, 0) is 4.43 Å². The summed E-state index contributed by atoms with van der Waals surface area (Å²) in [6.07, 6.45) is 3.19. The van der Waals surface area contributed by atoms with Crippen LogP contribution in [0.3, 0.4) is 0 Å². The number of rotatable bonds is 8. The predicted octanol–water partition coefficient (Wildman–Crippen LogP) is 7.09. The minimum atomic E-state index is -2.51. The van der Waals surface area contributed by atoms with Crippen LogP contribution in [0.15, 0.2) is 127 Å². The summed E-state index contributed by atoms with van der Waals surface area (Å²) in [6.45, 7) is 7.66. The first-order valence-corrected chi connectivity index (χ1v) is 14.0. The van der Waals surface area contributed by atoms with Gasteiger partial charge in [0.15, 0.2) is 0 Å². The quantitative estimate of drug-likeness (QED) is 0.201. The topological polar surface area (TPSA) is 9.23 Å². The van der Waals surface area contributed by atoms with E-state index in [2.05, 4.69) is 148 Å². The minimum Gasteiger partial charge on any atom is -0.407 e. The van der Waals surface area contributed by atoms with Gasteiger partial charge in [-0.25, -0.2) is 0 Å². The maximum atomic E-state index is 7.08. The lowest BCUT2D eigenvalue weighted by atomic mass is 9.97.